The predicted molar refractivity (Wildman–Crippen MR) is 119 cm³/mol. The summed E-state index contributed by atoms with van der Waals surface area (Å²) in [5, 5.41) is 3.75. The fraction of sp³-hybridized carbons (Fsp3) is 0.0435. The summed E-state index contributed by atoms with van der Waals surface area (Å²) < 4.78 is 19.7. The second kappa shape index (κ2) is 9.15. The minimum atomic E-state index is -0.334. The zero-order chi connectivity index (χ0) is 20.9. The van der Waals surface area contributed by atoms with Crippen LogP contribution in [0.4, 0.5) is 10.1 Å². The Morgan fingerprint density at radius 3 is 2.63 bits per heavy atom. The number of rotatable bonds is 5. The Morgan fingerprint density at radius 1 is 1.07 bits per heavy atom. The van der Waals surface area contributed by atoms with Crippen molar-refractivity contribution < 1.29 is 13.9 Å². The van der Waals surface area contributed by atoms with Gasteiger partial charge in [0.05, 0.1) is 10.6 Å². The first-order valence-corrected chi connectivity index (χ1v) is 10.3. The Kier molecular flexibility index (Phi) is 6.16. The highest BCUT2D eigenvalue weighted by atomic mass is 35.5. The third-order valence-corrected chi connectivity index (χ3v) is 5.38. The SMILES string of the molecule is O=C1NC(=Nc2ccccc2)S/C1=C\c1cc(Cl)ccc1OCc1ccccc1F. The molecule has 4 rings (SSSR count). The first-order chi connectivity index (χ1) is 14.6. The summed E-state index contributed by atoms with van der Waals surface area (Å²) in [4.78, 5) is 17.3. The Morgan fingerprint density at radius 2 is 1.83 bits per heavy atom. The molecule has 1 saturated heterocycles. The summed E-state index contributed by atoms with van der Waals surface area (Å²) in [6, 6.07) is 20.9. The number of halogens is 2. The molecule has 1 aliphatic heterocycles. The molecule has 0 spiro atoms. The van der Waals surface area contributed by atoms with Gasteiger partial charge in [-0.3, -0.25) is 4.79 Å². The van der Waals surface area contributed by atoms with Crippen molar-refractivity contribution in [2.45, 2.75) is 6.61 Å². The van der Waals surface area contributed by atoms with Crippen molar-refractivity contribution in [1.29, 1.82) is 0 Å². The van der Waals surface area contributed by atoms with E-state index < -0.39 is 0 Å². The highest BCUT2D eigenvalue weighted by Crippen LogP contribution is 2.32. The van der Waals surface area contributed by atoms with E-state index in [1.807, 2.05) is 30.3 Å². The third kappa shape index (κ3) is 4.90. The number of ether oxygens (including phenoxy) is 1. The monoisotopic (exact) mass is 438 g/mol. The molecule has 1 heterocycles. The number of benzene rings is 3. The summed E-state index contributed by atoms with van der Waals surface area (Å²) >= 11 is 7.37. The molecule has 0 aliphatic carbocycles. The third-order valence-electron chi connectivity index (χ3n) is 4.24. The van der Waals surface area contributed by atoms with E-state index in [1.165, 1.54) is 17.8 Å². The topological polar surface area (TPSA) is 50.7 Å². The highest BCUT2D eigenvalue weighted by molar-refractivity contribution is 8.18. The molecule has 0 unspecified atom stereocenters. The van der Waals surface area contributed by atoms with Crippen molar-refractivity contribution in [3.05, 3.63) is 99.7 Å². The molecule has 1 fully saturated rings. The van der Waals surface area contributed by atoms with Crippen LogP contribution in [0.1, 0.15) is 11.1 Å². The Balaban J connectivity index is 1.57. The van der Waals surface area contributed by atoms with Gasteiger partial charge in [-0.15, -0.1) is 0 Å². The summed E-state index contributed by atoms with van der Waals surface area (Å²) in [6.45, 7) is 0.0601. The van der Waals surface area contributed by atoms with Crippen LogP contribution in [0.2, 0.25) is 5.02 Å². The molecule has 3 aromatic rings. The first kappa shape index (κ1) is 20.2. The molecule has 1 N–H and O–H groups in total. The van der Waals surface area contributed by atoms with Crippen molar-refractivity contribution in [3.63, 3.8) is 0 Å². The molecule has 1 aliphatic rings. The molecule has 3 aromatic carbocycles. The summed E-state index contributed by atoms with van der Waals surface area (Å²) in [6.07, 6.45) is 1.69. The van der Waals surface area contributed by atoms with Crippen molar-refractivity contribution >= 4 is 46.2 Å². The van der Waals surface area contributed by atoms with Gasteiger partial charge in [0, 0.05) is 16.1 Å². The van der Waals surface area contributed by atoms with Gasteiger partial charge in [-0.05, 0) is 54.2 Å². The van der Waals surface area contributed by atoms with E-state index in [0.717, 1.165) is 5.69 Å². The molecule has 7 heteroatoms. The van der Waals surface area contributed by atoms with Gasteiger partial charge in [0.15, 0.2) is 5.17 Å². The average Bonchev–Trinajstić information content (AvgIpc) is 3.08. The van der Waals surface area contributed by atoms with Crippen LogP contribution < -0.4 is 10.1 Å². The van der Waals surface area contributed by atoms with Crippen LogP contribution in [0.25, 0.3) is 6.08 Å². The van der Waals surface area contributed by atoms with E-state index in [1.54, 1.807) is 42.5 Å². The lowest BCUT2D eigenvalue weighted by atomic mass is 10.1. The van der Waals surface area contributed by atoms with Crippen molar-refractivity contribution in [2.24, 2.45) is 4.99 Å². The summed E-state index contributed by atoms with van der Waals surface area (Å²) in [5.74, 6) is -0.0921. The Hall–Kier alpha value is -3.09. The van der Waals surface area contributed by atoms with E-state index in [0.29, 0.717) is 32.0 Å². The summed E-state index contributed by atoms with van der Waals surface area (Å²) in [5.41, 5.74) is 1.81. The van der Waals surface area contributed by atoms with Gasteiger partial charge in [-0.2, -0.15) is 0 Å². The number of amidine groups is 1. The summed E-state index contributed by atoms with van der Waals surface area (Å²) in [7, 11) is 0. The van der Waals surface area contributed by atoms with E-state index >= 15 is 0 Å². The average molecular weight is 439 g/mol. The molecule has 0 saturated carbocycles. The zero-order valence-corrected chi connectivity index (χ0v) is 17.2. The van der Waals surface area contributed by atoms with Crippen LogP contribution in [0.3, 0.4) is 0 Å². The van der Waals surface area contributed by atoms with Crippen LogP contribution in [0, 0.1) is 5.82 Å². The molecule has 30 heavy (non-hydrogen) atoms. The van der Waals surface area contributed by atoms with Gasteiger partial charge in [0.2, 0.25) is 0 Å². The minimum Gasteiger partial charge on any atom is -0.488 e. The quantitative estimate of drug-likeness (QED) is 0.501. The maximum atomic E-state index is 13.9. The lowest BCUT2D eigenvalue weighted by Crippen LogP contribution is -2.19. The van der Waals surface area contributed by atoms with Crippen LogP contribution in [-0.2, 0) is 11.4 Å². The number of hydrogen-bond donors (Lipinski definition) is 1. The van der Waals surface area contributed by atoms with Crippen molar-refractivity contribution in [3.8, 4) is 5.75 Å². The van der Waals surface area contributed by atoms with Crippen molar-refractivity contribution in [1.82, 2.24) is 5.32 Å². The Labute approximate surface area is 182 Å². The number of aliphatic imine (C=N–C) groups is 1. The van der Waals surface area contributed by atoms with Gasteiger partial charge >= 0.3 is 0 Å². The lowest BCUT2D eigenvalue weighted by molar-refractivity contribution is -0.115. The van der Waals surface area contributed by atoms with Crippen LogP contribution >= 0.6 is 23.4 Å². The van der Waals surface area contributed by atoms with Gasteiger partial charge in [0.25, 0.3) is 5.91 Å². The van der Waals surface area contributed by atoms with Gasteiger partial charge in [-0.25, -0.2) is 9.38 Å². The number of carbonyl (C=O) groups excluding carboxylic acids is 1. The largest absolute Gasteiger partial charge is 0.488 e. The number of amides is 1. The molecule has 4 nitrogen and oxygen atoms in total. The van der Waals surface area contributed by atoms with E-state index in [4.69, 9.17) is 16.3 Å². The Bertz CT molecular complexity index is 1150. The fourth-order valence-electron chi connectivity index (χ4n) is 2.78. The normalized spacial score (nSPS) is 16.1. The second-order valence-corrected chi connectivity index (χ2v) is 7.85. The predicted octanol–water partition coefficient (Wildman–Crippen LogP) is 5.95. The van der Waals surface area contributed by atoms with Crippen LogP contribution in [0.15, 0.2) is 82.7 Å². The van der Waals surface area contributed by atoms with Gasteiger partial charge < -0.3 is 10.1 Å². The molecule has 0 bridgehead atoms. The van der Waals surface area contributed by atoms with E-state index in [9.17, 15) is 9.18 Å². The lowest BCUT2D eigenvalue weighted by Gasteiger charge is -2.10. The van der Waals surface area contributed by atoms with E-state index in [2.05, 4.69) is 10.3 Å². The van der Waals surface area contributed by atoms with E-state index in [-0.39, 0.29) is 18.3 Å². The number of thioether (sulfide) groups is 1. The van der Waals surface area contributed by atoms with Gasteiger partial charge in [-0.1, -0.05) is 48.0 Å². The fourth-order valence-corrected chi connectivity index (χ4v) is 3.79. The molecule has 150 valence electrons. The molecule has 1 amide bonds. The minimum absolute atomic E-state index is 0.0601. The standard InChI is InChI=1S/C23H16ClFN2O2S/c24-17-10-11-20(29-14-15-6-4-5-9-19(15)25)16(12-17)13-21-22(28)27-23(30-21)26-18-7-2-1-3-8-18/h1-13H,14H2,(H,26,27,28)/b21-13-. The molecule has 0 atom stereocenters. The van der Waals surface area contributed by atoms with Crippen molar-refractivity contribution in [2.75, 3.05) is 0 Å². The number of para-hydroxylation sites is 1. The molecular weight excluding hydrogens is 423 g/mol. The molecule has 0 aromatic heterocycles. The number of nitrogens with one attached hydrogen (secondary N) is 1. The maximum Gasteiger partial charge on any atom is 0.264 e. The number of nitrogens with zero attached hydrogens (tertiary/aromatic N) is 1. The first-order valence-electron chi connectivity index (χ1n) is 9.09. The highest BCUT2D eigenvalue weighted by Gasteiger charge is 2.24. The second-order valence-electron chi connectivity index (χ2n) is 6.38. The number of carbonyl (C=O) groups is 1. The molecule has 0 radical (unpaired) electrons. The smallest absolute Gasteiger partial charge is 0.264 e. The van der Waals surface area contributed by atoms with Crippen LogP contribution in [0.5, 0.6) is 5.75 Å². The molecular formula is C23H16ClFN2O2S. The zero-order valence-electron chi connectivity index (χ0n) is 15.6. The number of hydrogen-bond acceptors (Lipinski definition) is 4. The van der Waals surface area contributed by atoms with Gasteiger partial charge in [0.1, 0.15) is 18.2 Å². The van der Waals surface area contributed by atoms with Crippen LogP contribution in [-0.4, -0.2) is 11.1 Å². The maximum absolute atomic E-state index is 13.9.